The molecule has 1 amide bonds. The molecule has 0 saturated heterocycles. The Morgan fingerprint density at radius 2 is 2.07 bits per heavy atom. The monoisotopic (exact) mass is 198 g/mol. The molecule has 0 aliphatic heterocycles. The van der Waals surface area contributed by atoms with Crippen molar-refractivity contribution in [3.63, 3.8) is 0 Å². The van der Waals surface area contributed by atoms with E-state index in [0.717, 1.165) is 25.9 Å². The van der Waals surface area contributed by atoms with E-state index in [-0.39, 0.29) is 5.41 Å². The summed E-state index contributed by atoms with van der Waals surface area (Å²) in [4.78, 5) is 13.7. The second-order valence-electron chi connectivity index (χ2n) is 4.90. The molecule has 0 spiro atoms. The lowest BCUT2D eigenvalue weighted by Gasteiger charge is -2.21. The third-order valence-corrected chi connectivity index (χ3v) is 2.86. The van der Waals surface area contributed by atoms with Crippen LogP contribution in [0.2, 0.25) is 0 Å². The molecule has 14 heavy (non-hydrogen) atoms. The van der Waals surface area contributed by atoms with Crippen LogP contribution in [0.4, 0.5) is 0 Å². The van der Waals surface area contributed by atoms with Crippen LogP contribution in [0.15, 0.2) is 0 Å². The first-order valence-electron chi connectivity index (χ1n) is 5.45. The minimum atomic E-state index is -0.0212. The normalized spacial score (nSPS) is 18.4. The van der Waals surface area contributed by atoms with E-state index in [0.29, 0.717) is 11.9 Å². The van der Waals surface area contributed by atoms with Crippen molar-refractivity contribution in [3.05, 3.63) is 0 Å². The first-order valence-corrected chi connectivity index (χ1v) is 5.45. The van der Waals surface area contributed by atoms with Gasteiger partial charge < -0.3 is 10.2 Å². The molecule has 3 nitrogen and oxygen atoms in total. The number of carbonyl (C=O) groups excluding carboxylic acids is 1. The summed E-state index contributed by atoms with van der Waals surface area (Å²) in [5.41, 5.74) is -0.0212. The van der Waals surface area contributed by atoms with Crippen molar-refractivity contribution in [2.75, 3.05) is 20.1 Å². The number of nitrogens with one attached hydrogen (secondary N) is 1. The maximum absolute atomic E-state index is 11.8. The second-order valence-corrected chi connectivity index (χ2v) is 4.90. The van der Waals surface area contributed by atoms with E-state index in [1.54, 1.807) is 0 Å². The van der Waals surface area contributed by atoms with Gasteiger partial charge in [0.2, 0.25) is 5.91 Å². The van der Waals surface area contributed by atoms with Gasteiger partial charge in [-0.2, -0.15) is 0 Å². The van der Waals surface area contributed by atoms with Crippen LogP contribution in [-0.2, 0) is 4.79 Å². The third-order valence-electron chi connectivity index (χ3n) is 2.86. The second kappa shape index (κ2) is 4.30. The topological polar surface area (TPSA) is 32.3 Å². The molecule has 82 valence electrons. The molecule has 1 aliphatic rings. The minimum Gasteiger partial charge on any atom is -0.344 e. The summed E-state index contributed by atoms with van der Waals surface area (Å²) >= 11 is 0. The molecule has 3 heteroatoms. The average Bonchev–Trinajstić information content (AvgIpc) is 2.83. The predicted molar refractivity (Wildman–Crippen MR) is 58.1 cm³/mol. The lowest BCUT2D eigenvalue weighted by molar-refractivity contribution is -0.134. The van der Waals surface area contributed by atoms with Crippen LogP contribution in [0, 0.1) is 5.41 Å². The first kappa shape index (κ1) is 11.5. The van der Waals surface area contributed by atoms with Gasteiger partial charge in [-0.25, -0.2) is 0 Å². The van der Waals surface area contributed by atoms with Crippen LogP contribution in [-0.4, -0.2) is 37.0 Å². The SMILES string of the molecule is CC(C)NCCN(C)C(=O)C1(C)CC1. The zero-order valence-electron chi connectivity index (χ0n) is 9.76. The van der Waals surface area contributed by atoms with E-state index in [4.69, 9.17) is 0 Å². The Balaban J connectivity index is 2.21. The van der Waals surface area contributed by atoms with Crippen molar-refractivity contribution in [2.24, 2.45) is 5.41 Å². The largest absolute Gasteiger partial charge is 0.344 e. The number of hydrogen-bond donors (Lipinski definition) is 1. The number of amides is 1. The van der Waals surface area contributed by atoms with Gasteiger partial charge in [0.15, 0.2) is 0 Å². The smallest absolute Gasteiger partial charge is 0.228 e. The molecule has 0 heterocycles. The van der Waals surface area contributed by atoms with Gasteiger partial charge in [0.1, 0.15) is 0 Å². The van der Waals surface area contributed by atoms with E-state index < -0.39 is 0 Å². The van der Waals surface area contributed by atoms with Crippen molar-refractivity contribution < 1.29 is 4.79 Å². The summed E-state index contributed by atoms with van der Waals surface area (Å²) in [6.07, 6.45) is 2.13. The summed E-state index contributed by atoms with van der Waals surface area (Å²) in [5.74, 6) is 0.308. The number of hydrogen-bond acceptors (Lipinski definition) is 2. The van der Waals surface area contributed by atoms with Crippen molar-refractivity contribution >= 4 is 5.91 Å². The van der Waals surface area contributed by atoms with Gasteiger partial charge >= 0.3 is 0 Å². The van der Waals surface area contributed by atoms with E-state index in [2.05, 4.69) is 26.1 Å². The molecular weight excluding hydrogens is 176 g/mol. The van der Waals surface area contributed by atoms with Gasteiger partial charge in [0.25, 0.3) is 0 Å². The van der Waals surface area contributed by atoms with Gasteiger partial charge in [0, 0.05) is 31.6 Å². The van der Waals surface area contributed by atoms with E-state index in [1.165, 1.54) is 0 Å². The third kappa shape index (κ3) is 2.98. The van der Waals surface area contributed by atoms with Crippen LogP contribution in [0.25, 0.3) is 0 Å². The van der Waals surface area contributed by atoms with E-state index in [9.17, 15) is 4.79 Å². The Morgan fingerprint density at radius 3 is 2.50 bits per heavy atom. The Labute approximate surface area is 86.9 Å². The van der Waals surface area contributed by atoms with Crippen LogP contribution in [0.5, 0.6) is 0 Å². The summed E-state index contributed by atoms with van der Waals surface area (Å²) in [6, 6.07) is 0.495. The molecule has 1 aliphatic carbocycles. The molecule has 0 aromatic carbocycles. The zero-order chi connectivity index (χ0) is 10.8. The van der Waals surface area contributed by atoms with E-state index in [1.807, 2.05) is 11.9 Å². The van der Waals surface area contributed by atoms with Crippen LogP contribution < -0.4 is 5.32 Å². The standard InChI is InChI=1S/C11H22N2O/c1-9(2)12-7-8-13(4)10(14)11(3)5-6-11/h9,12H,5-8H2,1-4H3. The van der Waals surface area contributed by atoms with Crippen LogP contribution in [0.1, 0.15) is 33.6 Å². The maximum atomic E-state index is 11.8. The molecule has 0 bridgehead atoms. The van der Waals surface area contributed by atoms with Gasteiger partial charge in [-0.3, -0.25) is 4.79 Å². The van der Waals surface area contributed by atoms with Crippen LogP contribution in [0.3, 0.4) is 0 Å². The fourth-order valence-electron chi connectivity index (χ4n) is 1.48. The lowest BCUT2D eigenvalue weighted by atomic mass is 10.1. The Kier molecular flexibility index (Phi) is 3.53. The van der Waals surface area contributed by atoms with Gasteiger partial charge in [-0.05, 0) is 12.8 Å². The molecule has 0 atom stereocenters. The van der Waals surface area contributed by atoms with Gasteiger partial charge in [-0.1, -0.05) is 20.8 Å². The van der Waals surface area contributed by atoms with Crippen molar-refractivity contribution in [1.82, 2.24) is 10.2 Å². The zero-order valence-corrected chi connectivity index (χ0v) is 9.76. The molecule has 0 radical (unpaired) electrons. The molecule has 0 aromatic heterocycles. The highest BCUT2D eigenvalue weighted by Crippen LogP contribution is 2.46. The number of nitrogens with zero attached hydrogens (tertiary/aromatic N) is 1. The minimum absolute atomic E-state index is 0.0212. The van der Waals surface area contributed by atoms with Crippen LogP contribution >= 0.6 is 0 Å². The number of rotatable bonds is 5. The Hall–Kier alpha value is -0.570. The molecular formula is C11H22N2O. The highest BCUT2D eigenvalue weighted by atomic mass is 16.2. The molecule has 1 saturated carbocycles. The summed E-state index contributed by atoms with van der Waals surface area (Å²) in [7, 11) is 1.90. The highest BCUT2D eigenvalue weighted by Gasteiger charge is 2.46. The lowest BCUT2D eigenvalue weighted by Crippen LogP contribution is -2.39. The Bertz CT molecular complexity index is 209. The van der Waals surface area contributed by atoms with Gasteiger partial charge in [0.05, 0.1) is 0 Å². The summed E-state index contributed by atoms with van der Waals surface area (Å²) in [6.45, 7) is 7.98. The number of likely N-dealkylation sites (N-methyl/N-ethyl adjacent to an activating group) is 1. The molecule has 1 N–H and O–H groups in total. The summed E-state index contributed by atoms with van der Waals surface area (Å²) in [5, 5.41) is 3.31. The van der Waals surface area contributed by atoms with Gasteiger partial charge in [-0.15, -0.1) is 0 Å². The average molecular weight is 198 g/mol. The van der Waals surface area contributed by atoms with Crippen molar-refractivity contribution in [2.45, 2.75) is 39.7 Å². The van der Waals surface area contributed by atoms with Crippen molar-refractivity contribution in [3.8, 4) is 0 Å². The molecule has 1 rings (SSSR count). The van der Waals surface area contributed by atoms with E-state index >= 15 is 0 Å². The predicted octanol–water partition coefficient (Wildman–Crippen LogP) is 1.24. The maximum Gasteiger partial charge on any atom is 0.228 e. The first-order chi connectivity index (χ1) is 6.46. The van der Waals surface area contributed by atoms with Crippen molar-refractivity contribution in [1.29, 1.82) is 0 Å². The number of carbonyl (C=O) groups is 1. The fourth-order valence-corrected chi connectivity index (χ4v) is 1.48. The summed E-state index contributed by atoms with van der Waals surface area (Å²) < 4.78 is 0. The molecule has 0 aromatic rings. The fraction of sp³-hybridized carbons (Fsp3) is 0.909. The molecule has 1 fully saturated rings. The molecule has 0 unspecified atom stereocenters. The highest BCUT2D eigenvalue weighted by molar-refractivity contribution is 5.84. The Morgan fingerprint density at radius 1 is 1.50 bits per heavy atom. The quantitative estimate of drug-likeness (QED) is 0.721.